The van der Waals surface area contributed by atoms with E-state index in [0.29, 0.717) is 42.2 Å². The molecule has 1 aliphatic rings. The van der Waals surface area contributed by atoms with E-state index >= 15 is 4.39 Å². The van der Waals surface area contributed by atoms with Crippen LogP contribution in [0.25, 0.3) is 22.0 Å². The Hall–Kier alpha value is -4.13. The van der Waals surface area contributed by atoms with E-state index in [2.05, 4.69) is 21.3 Å². The molecule has 1 N–H and O–H groups in total. The Balaban J connectivity index is 1.68. The van der Waals surface area contributed by atoms with E-state index in [1.54, 1.807) is 16.5 Å². The van der Waals surface area contributed by atoms with Crippen molar-refractivity contribution in [1.29, 1.82) is 0 Å². The number of ether oxygens (including phenoxy) is 1. The van der Waals surface area contributed by atoms with Gasteiger partial charge in [-0.3, -0.25) is 19.0 Å². The van der Waals surface area contributed by atoms with Crippen LogP contribution in [0.15, 0.2) is 53.3 Å². The van der Waals surface area contributed by atoms with Crippen LogP contribution in [0.3, 0.4) is 0 Å². The lowest BCUT2D eigenvalue weighted by molar-refractivity contribution is -0.134. The standard InChI is InChI=1S/C27H31F3N6O4/c1-5-17(23(6-2)40-26(29)30)14-36-22-10-19(21(28)9-20(22)25(39)33(36)4)18-11-31-27(32-12-18)35-8-7-34(13-16(35)3)24(38)15-37/h5,9-12,16,26,37H,1,6-8,13-15H2,2-4H3/b23-17-. The number of halogens is 3. The van der Waals surface area contributed by atoms with Crippen molar-refractivity contribution in [3.05, 3.63) is 64.7 Å². The Morgan fingerprint density at radius 1 is 1.27 bits per heavy atom. The molecule has 1 saturated heterocycles. The minimum Gasteiger partial charge on any atom is -0.439 e. The fourth-order valence-electron chi connectivity index (χ4n) is 4.92. The number of carbonyl (C=O) groups is 1. The number of hydrogen-bond acceptors (Lipinski definition) is 7. The first-order valence-electron chi connectivity index (χ1n) is 12.8. The topological polar surface area (TPSA) is 106 Å². The van der Waals surface area contributed by atoms with Gasteiger partial charge in [0.05, 0.1) is 17.4 Å². The fourth-order valence-corrected chi connectivity index (χ4v) is 4.92. The monoisotopic (exact) mass is 560 g/mol. The van der Waals surface area contributed by atoms with Crippen molar-refractivity contribution in [3.8, 4) is 11.1 Å². The third-order valence-electron chi connectivity index (χ3n) is 7.05. The first-order valence-corrected chi connectivity index (χ1v) is 12.8. The molecule has 0 spiro atoms. The van der Waals surface area contributed by atoms with Gasteiger partial charge in [0.15, 0.2) is 0 Å². The van der Waals surface area contributed by atoms with Gasteiger partial charge in [-0.05, 0) is 19.1 Å². The minimum absolute atomic E-state index is 0.00219. The van der Waals surface area contributed by atoms with Crippen molar-refractivity contribution in [2.24, 2.45) is 7.05 Å². The van der Waals surface area contributed by atoms with E-state index in [1.807, 2.05) is 11.8 Å². The van der Waals surface area contributed by atoms with Gasteiger partial charge in [-0.1, -0.05) is 19.6 Å². The predicted octanol–water partition coefficient (Wildman–Crippen LogP) is 3.05. The molecular weight excluding hydrogens is 529 g/mol. The van der Waals surface area contributed by atoms with Gasteiger partial charge < -0.3 is 19.6 Å². The molecule has 3 heterocycles. The summed E-state index contributed by atoms with van der Waals surface area (Å²) in [7, 11) is 1.51. The van der Waals surface area contributed by atoms with Crippen molar-refractivity contribution in [2.75, 3.05) is 31.1 Å². The van der Waals surface area contributed by atoms with Crippen LogP contribution in [0, 0.1) is 5.82 Å². The highest BCUT2D eigenvalue weighted by Gasteiger charge is 2.28. The molecule has 214 valence electrons. The molecule has 1 amide bonds. The maximum Gasteiger partial charge on any atom is 0.387 e. The van der Waals surface area contributed by atoms with E-state index in [-0.39, 0.29) is 41.6 Å². The van der Waals surface area contributed by atoms with Crippen LogP contribution in [0.5, 0.6) is 0 Å². The molecule has 2 aromatic heterocycles. The van der Waals surface area contributed by atoms with Gasteiger partial charge in [-0.25, -0.2) is 14.4 Å². The number of allylic oxidation sites excluding steroid dienone is 3. The van der Waals surface area contributed by atoms with Crippen LogP contribution in [0.1, 0.15) is 20.3 Å². The van der Waals surface area contributed by atoms with Gasteiger partial charge in [0, 0.05) is 68.2 Å². The summed E-state index contributed by atoms with van der Waals surface area (Å²) < 4.78 is 48.6. The second-order valence-corrected chi connectivity index (χ2v) is 9.43. The Bertz CT molecular complexity index is 1500. The Labute approximate surface area is 228 Å². The number of hydrogen-bond donors (Lipinski definition) is 1. The summed E-state index contributed by atoms with van der Waals surface area (Å²) in [6, 6.07) is 2.55. The summed E-state index contributed by atoms with van der Waals surface area (Å²) in [5.74, 6) is -0.520. The quantitative estimate of drug-likeness (QED) is 0.317. The molecular formula is C27H31F3N6O4. The first kappa shape index (κ1) is 28.9. The summed E-state index contributed by atoms with van der Waals surface area (Å²) in [6.45, 7) is 5.02. The summed E-state index contributed by atoms with van der Waals surface area (Å²) >= 11 is 0. The molecule has 0 bridgehead atoms. The Kier molecular flexibility index (Phi) is 8.62. The van der Waals surface area contributed by atoms with Gasteiger partial charge in [-0.15, -0.1) is 0 Å². The van der Waals surface area contributed by atoms with Crippen molar-refractivity contribution < 1.29 is 27.8 Å². The average Bonchev–Trinajstić information content (AvgIpc) is 3.17. The number of nitrogens with zero attached hydrogens (tertiary/aromatic N) is 6. The summed E-state index contributed by atoms with van der Waals surface area (Å²) in [5, 5.41) is 9.25. The van der Waals surface area contributed by atoms with Crippen molar-refractivity contribution >= 4 is 22.8 Å². The van der Waals surface area contributed by atoms with Crippen LogP contribution < -0.4 is 10.5 Å². The molecule has 10 nitrogen and oxygen atoms in total. The largest absolute Gasteiger partial charge is 0.439 e. The molecule has 0 saturated carbocycles. The molecule has 1 atom stereocenters. The smallest absolute Gasteiger partial charge is 0.387 e. The average molecular weight is 561 g/mol. The number of alkyl halides is 2. The first-order chi connectivity index (χ1) is 19.1. The zero-order chi connectivity index (χ0) is 29.1. The number of carbonyl (C=O) groups excluding carboxylic acids is 1. The SMILES string of the molecule is C=C/C(Cn1c2cc(-c3cnc(N4CCN(C(=O)CO)CC4C)nc3)c(F)cc2c(=O)n1C)=C(\CC)OC(F)F. The zero-order valence-electron chi connectivity index (χ0n) is 22.5. The van der Waals surface area contributed by atoms with Gasteiger partial charge in [-0.2, -0.15) is 8.78 Å². The molecule has 1 unspecified atom stereocenters. The minimum atomic E-state index is -3.01. The van der Waals surface area contributed by atoms with E-state index in [0.717, 1.165) is 6.07 Å². The number of rotatable bonds is 9. The molecule has 1 fully saturated rings. The summed E-state index contributed by atoms with van der Waals surface area (Å²) in [4.78, 5) is 37.1. The van der Waals surface area contributed by atoms with Crippen molar-refractivity contribution in [2.45, 2.75) is 39.5 Å². The fraction of sp³-hybridized carbons (Fsp3) is 0.407. The molecule has 0 aliphatic carbocycles. The zero-order valence-corrected chi connectivity index (χ0v) is 22.5. The van der Waals surface area contributed by atoms with Crippen molar-refractivity contribution in [3.63, 3.8) is 0 Å². The molecule has 1 aliphatic heterocycles. The molecule has 40 heavy (non-hydrogen) atoms. The molecule has 4 rings (SSSR count). The number of fused-ring (bicyclic) bond motifs is 1. The number of amides is 1. The number of benzene rings is 1. The van der Waals surface area contributed by atoms with E-state index in [4.69, 9.17) is 5.11 Å². The second-order valence-electron chi connectivity index (χ2n) is 9.43. The van der Waals surface area contributed by atoms with Crippen LogP contribution in [-0.2, 0) is 23.1 Å². The number of anilines is 1. The van der Waals surface area contributed by atoms with Gasteiger partial charge >= 0.3 is 6.61 Å². The third-order valence-corrected chi connectivity index (χ3v) is 7.05. The molecule has 1 aromatic carbocycles. The van der Waals surface area contributed by atoms with Gasteiger partial charge in [0.25, 0.3) is 5.56 Å². The predicted molar refractivity (Wildman–Crippen MR) is 143 cm³/mol. The lowest BCUT2D eigenvalue weighted by Crippen LogP contribution is -2.54. The van der Waals surface area contributed by atoms with Gasteiger partial charge in [0.2, 0.25) is 11.9 Å². The number of aliphatic hydroxyl groups is 1. The molecule has 13 heteroatoms. The highest BCUT2D eigenvalue weighted by Crippen LogP contribution is 2.28. The normalized spacial score (nSPS) is 16.4. The lowest BCUT2D eigenvalue weighted by Gasteiger charge is -2.39. The molecule has 3 aromatic rings. The number of aromatic nitrogens is 4. The van der Waals surface area contributed by atoms with Gasteiger partial charge in [0.1, 0.15) is 18.2 Å². The Morgan fingerprint density at radius 3 is 2.55 bits per heavy atom. The van der Waals surface area contributed by atoms with E-state index < -0.39 is 24.6 Å². The van der Waals surface area contributed by atoms with Crippen molar-refractivity contribution in [1.82, 2.24) is 24.2 Å². The highest BCUT2D eigenvalue weighted by atomic mass is 19.3. The maximum absolute atomic E-state index is 15.2. The Morgan fingerprint density at radius 2 is 1.98 bits per heavy atom. The third kappa shape index (κ3) is 5.60. The number of aliphatic hydroxyl groups excluding tert-OH is 1. The van der Waals surface area contributed by atoms with Crippen LogP contribution >= 0.6 is 0 Å². The maximum atomic E-state index is 15.2. The second kappa shape index (κ2) is 11.9. The summed E-state index contributed by atoms with van der Waals surface area (Å²) in [5.41, 5.74) is 0.842. The summed E-state index contributed by atoms with van der Waals surface area (Å²) in [6.07, 6.45) is 4.55. The lowest BCUT2D eigenvalue weighted by atomic mass is 10.1. The van der Waals surface area contributed by atoms with E-state index in [9.17, 15) is 18.4 Å². The van der Waals surface area contributed by atoms with Crippen LogP contribution in [0.2, 0.25) is 0 Å². The molecule has 0 radical (unpaired) electrons. The highest BCUT2D eigenvalue weighted by molar-refractivity contribution is 5.85. The van der Waals surface area contributed by atoms with Crippen LogP contribution in [-0.4, -0.2) is 74.1 Å². The van der Waals surface area contributed by atoms with Crippen LogP contribution in [0.4, 0.5) is 19.1 Å². The van der Waals surface area contributed by atoms with E-state index in [1.165, 1.54) is 36.3 Å². The number of piperazine rings is 1.